The Kier molecular flexibility index (Phi) is 4.31. The Bertz CT molecular complexity index is 539. The van der Waals surface area contributed by atoms with Crippen LogP contribution < -0.4 is 5.32 Å². The molecule has 1 N–H and O–H groups in total. The lowest BCUT2D eigenvalue weighted by Crippen LogP contribution is -2.28. The van der Waals surface area contributed by atoms with Gasteiger partial charge in [-0.1, -0.05) is 45.9 Å². The summed E-state index contributed by atoms with van der Waals surface area (Å²) in [5.41, 5.74) is 2.68. The molecule has 1 aromatic carbocycles. The quantitative estimate of drug-likeness (QED) is 0.825. The number of fused-ring (bicyclic) bond motifs is 1. The van der Waals surface area contributed by atoms with Gasteiger partial charge in [0.15, 0.2) is 0 Å². The summed E-state index contributed by atoms with van der Waals surface area (Å²) in [5.74, 6) is 1.11. The highest BCUT2D eigenvalue weighted by atomic mass is 16.3. The highest BCUT2D eigenvalue weighted by molar-refractivity contribution is 5.82. The summed E-state index contributed by atoms with van der Waals surface area (Å²) in [6.45, 7) is 10.9. The fourth-order valence-electron chi connectivity index (χ4n) is 2.28. The van der Waals surface area contributed by atoms with Crippen LogP contribution in [0.2, 0.25) is 0 Å². The SMILES string of the molecule is CCc1oc2ccccc2c1CNCC(C)(C)CC. The van der Waals surface area contributed by atoms with E-state index in [-0.39, 0.29) is 0 Å². The van der Waals surface area contributed by atoms with Crippen molar-refractivity contribution >= 4 is 11.0 Å². The molecule has 0 amide bonds. The maximum atomic E-state index is 5.92. The largest absolute Gasteiger partial charge is 0.461 e. The van der Waals surface area contributed by atoms with E-state index in [9.17, 15) is 0 Å². The van der Waals surface area contributed by atoms with Gasteiger partial charge in [0.05, 0.1) is 0 Å². The van der Waals surface area contributed by atoms with Crippen LogP contribution in [0.15, 0.2) is 28.7 Å². The number of para-hydroxylation sites is 1. The lowest BCUT2D eigenvalue weighted by atomic mass is 9.90. The molecule has 0 bridgehead atoms. The second kappa shape index (κ2) is 5.79. The van der Waals surface area contributed by atoms with Crippen molar-refractivity contribution in [2.45, 2.75) is 47.1 Å². The monoisotopic (exact) mass is 259 g/mol. The highest BCUT2D eigenvalue weighted by Gasteiger charge is 2.16. The molecule has 0 atom stereocenters. The lowest BCUT2D eigenvalue weighted by Gasteiger charge is -2.23. The van der Waals surface area contributed by atoms with Crippen LogP contribution in [0.5, 0.6) is 0 Å². The number of nitrogens with one attached hydrogen (secondary N) is 1. The average molecular weight is 259 g/mol. The minimum Gasteiger partial charge on any atom is -0.461 e. The van der Waals surface area contributed by atoms with Crippen LogP contribution in [0.3, 0.4) is 0 Å². The van der Waals surface area contributed by atoms with Gasteiger partial charge in [-0.05, 0) is 17.9 Å². The van der Waals surface area contributed by atoms with E-state index in [4.69, 9.17) is 4.42 Å². The van der Waals surface area contributed by atoms with Crippen molar-refractivity contribution < 1.29 is 4.42 Å². The zero-order chi connectivity index (χ0) is 13.9. The van der Waals surface area contributed by atoms with Crippen LogP contribution in [-0.4, -0.2) is 6.54 Å². The van der Waals surface area contributed by atoms with Gasteiger partial charge in [0, 0.05) is 30.5 Å². The van der Waals surface area contributed by atoms with Gasteiger partial charge in [-0.2, -0.15) is 0 Å². The molecule has 2 heteroatoms. The first-order valence-corrected chi connectivity index (χ1v) is 7.27. The van der Waals surface area contributed by atoms with Gasteiger partial charge >= 0.3 is 0 Å². The summed E-state index contributed by atoms with van der Waals surface area (Å²) >= 11 is 0. The van der Waals surface area contributed by atoms with E-state index in [0.29, 0.717) is 5.41 Å². The first-order chi connectivity index (χ1) is 9.07. The predicted octanol–water partition coefficient (Wildman–Crippen LogP) is 4.52. The van der Waals surface area contributed by atoms with Gasteiger partial charge in [-0.25, -0.2) is 0 Å². The maximum absolute atomic E-state index is 5.92. The van der Waals surface area contributed by atoms with Crippen molar-refractivity contribution in [3.8, 4) is 0 Å². The van der Waals surface area contributed by atoms with Crippen molar-refractivity contribution in [3.63, 3.8) is 0 Å². The average Bonchev–Trinajstić information content (AvgIpc) is 2.77. The molecule has 0 aliphatic heterocycles. The molecule has 1 heterocycles. The van der Waals surface area contributed by atoms with E-state index >= 15 is 0 Å². The van der Waals surface area contributed by atoms with Gasteiger partial charge in [-0.3, -0.25) is 0 Å². The van der Waals surface area contributed by atoms with Crippen LogP contribution in [0.4, 0.5) is 0 Å². The molecule has 2 rings (SSSR count). The maximum Gasteiger partial charge on any atom is 0.134 e. The Labute approximate surface area is 116 Å². The highest BCUT2D eigenvalue weighted by Crippen LogP contribution is 2.26. The number of hydrogen-bond acceptors (Lipinski definition) is 2. The third-order valence-corrected chi connectivity index (χ3v) is 3.97. The van der Waals surface area contributed by atoms with Crippen LogP contribution in [-0.2, 0) is 13.0 Å². The van der Waals surface area contributed by atoms with Crippen LogP contribution in [0.1, 0.15) is 45.4 Å². The van der Waals surface area contributed by atoms with Gasteiger partial charge in [-0.15, -0.1) is 0 Å². The number of benzene rings is 1. The summed E-state index contributed by atoms with van der Waals surface area (Å²) in [5, 5.41) is 4.84. The van der Waals surface area contributed by atoms with E-state index in [2.05, 4.69) is 45.1 Å². The molecule has 0 fully saturated rings. The molecule has 104 valence electrons. The minimum atomic E-state index is 0.353. The molecular weight excluding hydrogens is 234 g/mol. The molecule has 0 radical (unpaired) electrons. The summed E-state index contributed by atoms with van der Waals surface area (Å²) in [7, 11) is 0. The van der Waals surface area contributed by atoms with Crippen LogP contribution in [0, 0.1) is 5.41 Å². The van der Waals surface area contributed by atoms with E-state index in [0.717, 1.165) is 30.9 Å². The standard InChI is InChI=1S/C17H25NO/c1-5-15-14(11-18-12-17(3,4)6-2)13-9-7-8-10-16(13)19-15/h7-10,18H,5-6,11-12H2,1-4H3. The van der Waals surface area contributed by atoms with Crippen molar-refractivity contribution in [1.82, 2.24) is 5.32 Å². The fraction of sp³-hybridized carbons (Fsp3) is 0.529. The van der Waals surface area contributed by atoms with Crippen molar-refractivity contribution in [1.29, 1.82) is 0 Å². The molecule has 0 unspecified atom stereocenters. The van der Waals surface area contributed by atoms with Gasteiger partial charge in [0.1, 0.15) is 11.3 Å². The summed E-state index contributed by atoms with van der Waals surface area (Å²) < 4.78 is 5.92. The zero-order valence-electron chi connectivity index (χ0n) is 12.5. The molecule has 0 saturated carbocycles. The predicted molar refractivity (Wildman–Crippen MR) is 81.4 cm³/mol. The molecule has 0 aliphatic carbocycles. The van der Waals surface area contributed by atoms with Crippen LogP contribution in [0.25, 0.3) is 11.0 Å². The zero-order valence-corrected chi connectivity index (χ0v) is 12.5. The first-order valence-electron chi connectivity index (χ1n) is 7.27. The topological polar surface area (TPSA) is 25.2 Å². The Morgan fingerprint density at radius 2 is 1.89 bits per heavy atom. The third kappa shape index (κ3) is 3.19. The van der Waals surface area contributed by atoms with Crippen LogP contribution >= 0.6 is 0 Å². The van der Waals surface area contributed by atoms with E-state index < -0.39 is 0 Å². The Balaban J connectivity index is 2.15. The molecular formula is C17H25NO. The fourth-order valence-corrected chi connectivity index (χ4v) is 2.28. The van der Waals surface area contributed by atoms with E-state index in [1.807, 2.05) is 12.1 Å². The smallest absolute Gasteiger partial charge is 0.134 e. The number of rotatable bonds is 6. The first kappa shape index (κ1) is 14.1. The second-order valence-corrected chi connectivity index (χ2v) is 5.97. The molecule has 0 spiro atoms. The Hall–Kier alpha value is -1.28. The lowest BCUT2D eigenvalue weighted by molar-refractivity contribution is 0.327. The number of hydrogen-bond donors (Lipinski definition) is 1. The number of aryl methyl sites for hydroxylation is 1. The van der Waals surface area contributed by atoms with Crippen molar-refractivity contribution in [2.75, 3.05) is 6.54 Å². The summed E-state index contributed by atoms with van der Waals surface area (Å²) in [4.78, 5) is 0. The third-order valence-electron chi connectivity index (χ3n) is 3.97. The molecule has 2 nitrogen and oxygen atoms in total. The van der Waals surface area contributed by atoms with E-state index in [1.54, 1.807) is 0 Å². The summed E-state index contributed by atoms with van der Waals surface area (Å²) in [6, 6.07) is 8.31. The normalized spacial score (nSPS) is 12.2. The summed E-state index contributed by atoms with van der Waals surface area (Å²) in [6.07, 6.45) is 2.13. The van der Waals surface area contributed by atoms with Crippen molar-refractivity contribution in [2.24, 2.45) is 5.41 Å². The minimum absolute atomic E-state index is 0.353. The second-order valence-electron chi connectivity index (χ2n) is 5.97. The number of furan rings is 1. The Morgan fingerprint density at radius 1 is 1.16 bits per heavy atom. The van der Waals surface area contributed by atoms with Gasteiger partial charge in [0.2, 0.25) is 0 Å². The molecule has 0 aliphatic rings. The van der Waals surface area contributed by atoms with Gasteiger partial charge < -0.3 is 9.73 Å². The molecule has 0 saturated heterocycles. The Morgan fingerprint density at radius 3 is 2.58 bits per heavy atom. The van der Waals surface area contributed by atoms with Crippen molar-refractivity contribution in [3.05, 3.63) is 35.6 Å². The van der Waals surface area contributed by atoms with E-state index in [1.165, 1.54) is 17.4 Å². The van der Waals surface area contributed by atoms with Gasteiger partial charge in [0.25, 0.3) is 0 Å². The molecule has 19 heavy (non-hydrogen) atoms. The molecule has 1 aromatic heterocycles. The molecule has 2 aromatic rings.